The van der Waals surface area contributed by atoms with Crippen LogP contribution in [0.2, 0.25) is 0 Å². The molecule has 16 heavy (non-hydrogen) atoms. The van der Waals surface area contributed by atoms with Crippen molar-refractivity contribution in [1.82, 2.24) is 0 Å². The smallest absolute Gasteiger partial charge is 0.388 e. The fraction of sp³-hybridized carbons (Fsp3) is 1.00. The normalized spacial score (nSPS) is 37.6. The van der Waals surface area contributed by atoms with Gasteiger partial charge in [0.1, 0.15) is 31.1 Å². The Hall–Kier alpha value is -0.120. The summed E-state index contributed by atoms with van der Waals surface area (Å²) >= 11 is 0. The second kappa shape index (κ2) is 5.03. The average molecular weight is 262 g/mol. The van der Waals surface area contributed by atoms with Crippen molar-refractivity contribution in [2.24, 2.45) is 0 Å². The number of halogens is 1. The van der Waals surface area contributed by atoms with E-state index in [9.17, 15) is 14.1 Å². The Kier molecular flexibility index (Phi) is 4.38. The van der Waals surface area contributed by atoms with E-state index in [1.165, 1.54) is 0 Å². The van der Waals surface area contributed by atoms with Gasteiger partial charge in [0.25, 0.3) is 0 Å². The van der Waals surface area contributed by atoms with Crippen LogP contribution in [0.3, 0.4) is 0 Å². The van der Waals surface area contributed by atoms with Crippen LogP contribution in [0.15, 0.2) is 0 Å². The summed E-state index contributed by atoms with van der Waals surface area (Å²) in [4.78, 5) is 16.9. The third-order valence-corrected chi connectivity index (χ3v) is 2.57. The van der Waals surface area contributed by atoms with E-state index in [4.69, 9.17) is 20.0 Å². The molecule has 0 aliphatic carbocycles. The molecule has 0 bridgehead atoms. The zero-order valence-electron chi connectivity index (χ0n) is 7.88. The van der Waals surface area contributed by atoms with E-state index in [0.29, 0.717) is 0 Å². The molecule has 0 aromatic heterocycles. The van der Waals surface area contributed by atoms with E-state index in [-0.39, 0.29) is 0 Å². The van der Waals surface area contributed by atoms with Gasteiger partial charge in [0, 0.05) is 0 Å². The van der Waals surface area contributed by atoms with E-state index >= 15 is 0 Å². The number of rotatable bonds is 4. The molecule has 0 amide bonds. The summed E-state index contributed by atoms with van der Waals surface area (Å²) in [5, 5.41) is 27.6. The van der Waals surface area contributed by atoms with Gasteiger partial charge >= 0.3 is 7.82 Å². The Bertz CT molecular complexity index is 282. The summed E-state index contributed by atoms with van der Waals surface area (Å²) in [6, 6.07) is 0. The Balaban J connectivity index is 2.71. The van der Waals surface area contributed by atoms with Crippen LogP contribution in [0.25, 0.3) is 0 Å². The first kappa shape index (κ1) is 13.9. The van der Waals surface area contributed by atoms with Gasteiger partial charge in [0.05, 0.1) is 0 Å². The topological polar surface area (TPSA) is 137 Å². The van der Waals surface area contributed by atoms with E-state index in [1.807, 2.05) is 0 Å². The molecule has 5 atom stereocenters. The van der Waals surface area contributed by atoms with Crippen molar-refractivity contribution in [2.75, 3.05) is 6.67 Å². The van der Waals surface area contributed by atoms with Crippen LogP contribution in [-0.2, 0) is 13.8 Å². The average Bonchev–Trinajstić information content (AvgIpc) is 2.42. The lowest BCUT2D eigenvalue weighted by Gasteiger charge is -2.19. The van der Waals surface area contributed by atoms with Crippen LogP contribution >= 0.6 is 7.82 Å². The van der Waals surface area contributed by atoms with E-state index < -0.39 is 45.2 Å². The maximum Gasteiger partial charge on any atom is 0.470 e. The van der Waals surface area contributed by atoms with Gasteiger partial charge in [-0.1, -0.05) is 0 Å². The predicted molar refractivity (Wildman–Crippen MR) is 45.8 cm³/mol. The molecule has 1 fully saturated rings. The Labute approximate surface area is 89.5 Å². The Morgan fingerprint density at radius 1 is 1.44 bits per heavy atom. The lowest BCUT2D eigenvalue weighted by atomic mass is 10.1. The highest BCUT2D eigenvalue weighted by Gasteiger charge is 2.49. The minimum Gasteiger partial charge on any atom is -0.388 e. The highest BCUT2D eigenvalue weighted by atomic mass is 31.2. The molecule has 0 saturated carbocycles. The number of ether oxygens (including phenoxy) is 1. The molecule has 10 heteroatoms. The number of aliphatic hydroxyl groups is 3. The van der Waals surface area contributed by atoms with E-state index in [0.717, 1.165) is 0 Å². The molecule has 0 radical (unpaired) electrons. The number of hydrogen-bond acceptors (Lipinski definition) is 6. The zero-order chi connectivity index (χ0) is 12.5. The number of phosphoric ester groups is 1. The van der Waals surface area contributed by atoms with Crippen molar-refractivity contribution in [3.8, 4) is 0 Å². The van der Waals surface area contributed by atoms with Crippen molar-refractivity contribution in [1.29, 1.82) is 0 Å². The molecule has 5 N–H and O–H groups in total. The third-order valence-electron chi connectivity index (χ3n) is 2.05. The zero-order valence-corrected chi connectivity index (χ0v) is 8.77. The van der Waals surface area contributed by atoms with Crippen molar-refractivity contribution < 1.29 is 43.3 Å². The van der Waals surface area contributed by atoms with Crippen LogP contribution in [0.1, 0.15) is 0 Å². The highest BCUT2D eigenvalue weighted by molar-refractivity contribution is 7.46. The second-order valence-corrected chi connectivity index (χ2v) is 4.46. The monoisotopic (exact) mass is 262 g/mol. The molecule has 0 spiro atoms. The number of phosphoric acid groups is 1. The van der Waals surface area contributed by atoms with Crippen molar-refractivity contribution in [2.45, 2.75) is 30.7 Å². The lowest BCUT2D eigenvalue weighted by Crippen LogP contribution is -2.40. The molecular formula is C6H12FO8P. The summed E-state index contributed by atoms with van der Waals surface area (Å²) in [6.07, 6.45) is -8.55. The minimum absolute atomic E-state index is 1.24. The molecule has 1 aliphatic rings. The first-order valence-electron chi connectivity index (χ1n) is 4.26. The molecule has 0 aromatic rings. The summed E-state index contributed by atoms with van der Waals surface area (Å²) in [5.41, 5.74) is 0. The van der Waals surface area contributed by atoms with Crippen molar-refractivity contribution >= 4 is 7.82 Å². The largest absolute Gasteiger partial charge is 0.470 e. The second-order valence-electron chi connectivity index (χ2n) is 3.26. The van der Waals surface area contributed by atoms with Gasteiger partial charge in [-0.2, -0.15) is 0 Å². The number of hydrogen-bond donors (Lipinski definition) is 5. The van der Waals surface area contributed by atoms with Gasteiger partial charge in [0.2, 0.25) is 0 Å². The summed E-state index contributed by atoms with van der Waals surface area (Å²) in [7, 11) is -4.93. The molecule has 1 saturated heterocycles. The molecule has 1 rings (SSSR count). The third kappa shape index (κ3) is 3.19. The fourth-order valence-electron chi connectivity index (χ4n) is 1.35. The van der Waals surface area contributed by atoms with Gasteiger partial charge in [0.15, 0.2) is 6.29 Å². The lowest BCUT2D eigenvalue weighted by molar-refractivity contribution is -0.146. The molecule has 1 unspecified atom stereocenters. The van der Waals surface area contributed by atoms with Crippen LogP contribution in [0.5, 0.6) is 0 Å². The van der Waals surface area contributed by atoms with E-state index in [2.05, 4.69) is 9.26 Å². The molecule has 8 nitrogen and oxygen atoms in total. The Morgan fingerprint density at radius 2 is 2.00 bits per heavy atom. The summed E-state index contributed by atoms with van der Waals surface area (Å²) in [5.74, 6) is 0. The van der Waals surface area contributed by atoms with Crippen molar-refractivity contribution in [3.05, 3.63) is 0 Å². The fourth-order valence-corrected chi connectivity index (χ4v) is 1.90. The van der Waals surface area contributed by atoms with Crippen LogP contribution in [0.4, 0.5) is 4.39 Å². The molecule has 96 valence electrons. The SMILES string of the molecule is O=P(O)(O)O[C@H]1C(O)O[C@@H]([C@H](O)CF)[C@@H]1O. The van der Waals surface area contributed by atoms with E-state index in [1.54, 1.807) is 0 Å². The Morgan fingerprint density at radius 3 is 2.44 bits per heavy atom. The standard InChI is InChI=1S/C6H12FO8P/c7-1-2(8)4-3(9)5(6(10)14-4)15-16(11,12)13/h2-6,8-10H,1H2,(H2,11,12,13)/t2-,3+,4+,5-,6?/m1/s1. The molecule has 1 heterocycles. The first-order chi connectivity index (χ1) is 7.26. The van der Waals surface area contributed by atoms with Gasteiger partial charge in [-0.25, -0.2) is 8.96 Å². The molecule has 0 aromatic carbocycles. The number of aliphatic hydroxyl groups excluding tert-OH is 3. The van der Waals surface area contributed by atoms with Gasteiger partial charge in [-0.3, -0.25) is 4.52 Å². The van der Waals surface area contributed by atoms with Crippen molar-refractivity contribution in [3.63, 3.8) is 0 Å². The molecule has 1 aliphatic heterocycles. The minimum atomic E-state index is -4.93. The number of alkyl halides is 1. The van der Waals surface area contributed by atoms with Gasteiger partial charge in [-0.05, 0) is 0 Å². The van der Waals surface area contributed by atoms with Gasteiger partial charge < -0.3 is 29.8 Å². The van der Waals surface area contributed by atoms with Gasteiger partial charge in [-0.15, -0.1) is 0 Å². The van der Waals surface area contributed by atoms with Crippen LogP contribution in [0, 0.1) is 0 Å². The van der Waals surface area contributed by atoms with Crippen LogP contribution < -0.4 is 0 Å². The first-order valence-corrected chi connectivity index (χ1v) is 5.79. The molecular weight excluding hydrogens is 250 g/mol. The predicted octanol–water partition coefficient (Wildman–Crippen LogP) is -2.13. The quantitative estimate of drug-likeness (QED) is 0.362. The summed E-state index contributed by atoms with van der Waals surface area (Å²) < 4.78 is 31.2. The highest BCUT2D eigenvalue weighted by Crippen LogP contribution is 2.41. The maximum absolute atomic E-state index is 12.1. The summed E-state index contributed by atoms with van der Waals surface area (Å²) in [6.45, 7) is -1.24. The maximum atomic E-state index is 12.1. The van der Waals surface area contributed by atoms with Crippen LogP contribution in [-0.4, -0.2) is 62.5 Å².